The van der Waals surface area contributed by atoms with Crippen LogP contribution in [0.5, 0.6) is 5.75 Å². The zero-order valence-electron chi connectivity index (χ0n) is 11.7. The average molecular weight is 283 g/mol. The topological polar surface area (TPSA) is 21.6 Å². The number of hydrogen-bond acceptors (Lipinski definition) is 3. The van der Waals surface area contributed by atoms with Crippen LogP contribution in [0.1, 0.15) is 18.5 Å². The van der Waals surface area contributed by atoms with E-state index in [9.17, 15) is 0 Å². The lowest BCUT2D eigenvalue weighted by Crippen LogP contribution is -1.93. The maximum atomic E-state index is 5.18. The van der Waals surface area contributed by atoms with Gasteiger partial charge in [0.05, 0.1) is 18.2 Å². The van der Waals surface area contributed by atoms with Gasteiger partial charge in [0.25, 0.3) is 0 Å². The zero-order valence-corrected chi connectivity index (χ0v) is 12.5. The average Bonchev–Trinajstić information content (AvgIpc) is 2.94. The van der Waals surface area contributed by atoms with E-state index in [1.54, 1.807) is 7.11 Å². The number of methoxy groups -OCH3 is 1. The molecular formula is C17H17NOS. The predicted octanol–water partition coefficient (Wildman–Crippen LogP) is 4.57. The maximum absolute atomic E-state index is 5.18. The molecule has 1 atom stereocenters. The van der Waals surface area contributed by atoms with Gasteiger partial charge in [0, 0.05) is 5.75 Å². The van der Waals surface area contributed by atoms with Gasteiger partial charge in [-0.3, -0.25) is 4.99 Å². The normalized spacial score (nSPS) is 17.9. The minimum absolute atomic E-state index is 0.324. The number of rotatable bonds is 3. The second-order valence-corrected chi connectivity index (χ2v) is 6.04. The molecule has 20 heavy (non-hydrogen) atoms. The second kappa shape index (κ2) is 5.71. The molecule has 0 radical (unpaired) electrons. The van der Waals surface area contributed by atoms with E-state index >= 15 is 0 Å². The molecule has 0 bridgehead atoms. The summed E-state index contributed by atoms with van der Waals surface area (Å²) < 4.78 is 5.18. The van der Waals surface area contributed by atoms with E-state index < -0.39 is 0 Å². The number of benzene rings is 2. The molecule has 2 nitrogen and oxygen atoms in total. The highest BCUT2D eigenvalue weighted by Gasteiger charge is 2.16. The third kappa shape index (κ3) is 2.73. The maximum Gasteiger partial charge on any atom is 0.118 e. The summed E-state index contributed by atoms with van der Waals surface area (Å²) in [5, 5.41) is 1.19. The highest BCUT2D eigenvalue weighted by molar-refractivity contribution is 8.14. The fraction of sp³-hybridized carbons (Fsp3) is 0.235. The quantitative estimate of drug-likeness (QED) is 0.823. The standard InChI is InChI=1S/C17H17NOS/c1-12-18-17(11-20-12)15-5-3-13(4-6-15)14-7-9-16(19-2)10-8-14/h3-10,17H,11H2,1-2H3. The van der Waals surface area contributed by atoms with Crippen molar-refractivity contribution < 1.29 is 4.74 Å². The van der Waals surface area contributed by atoms with E-state index in [-0.39, 0.29) is 0 Å². The molecule has 0 spiro atoms. The van der Waals surface area contributed by atoms with Gasteiger partial charge in [0.1, 0.15) is 5.75 Å². The van der Waals surface area contributed by atoms with E-state index in [0.717, 1.165) is 11.5 Å². The minimum Gasteiger partial charge on any atom is -0.497 e. The zero-order chi connectivity index (χ0) is 13.9. The number of hydrogen-bond donors (Lipinski definition) is 0. The first-order chi connectivity index (χ1) is 9.76. The van der Waals surface area contributed by atoms with E-state index in [0.29, 0.717) is 6.04 Å². The monoisotopic (exact) mass is 283 g/mol. The summed E-state index contributed by atoms with van der Waals surface area (Å²) in [6, 6.07) is 17.2. The summed E-state index contributed by atoms with van der Waals surface area (Å²) in [6.07, 6.45) is 0. The summed E-state index contributed by atoms with van der Waals surface area (Å²) in [6.45, 7) is 2.08. The fourth-order valence-corrected chi connectivity index (χ4v) is 3.21. The Bertz CT molecular complexity index is 616. The summed E-state index contributed by atoms with van der Waals surface area (Å²) in [5.41, 5.74) is 3.73. The lowest BCUT2D eigenvalue weighted by molar-refractivity contribution is 0.415. The van der Waals surface area contributed by atoms with Gasteiger partial charge in [-0.25, -0.2) is 0 Å². The van der Waals surface area contributed by atoms with Crippen LogP contribution in [0, 0.1) is 0 Å². The van der Waals surface area contributed by atoms with Gasteiger partial charge in [-0.05, 0) is 35.7 Å². The van der Waals surface area contributed by atoms with E-state index in [1.807, 2.05) is 23.9 Å². The van der Waals surface area contributed by atoms with Crippen molar-refractivity contribution in [1.82, 2.24) is 0 Å². The molecule has 102 valence electrons. The smallest absolute Gasteiger partial charge is 0.118 e. The molecule has 3 rings (SSSR count). The van der Waals surface area contributed by atoms with Crippen LogP contribution in [-0.2, 0) is 0 Å². The largest absolute Gasteiger partial charge is 0.497 e. The van der Waals surface area contributed by atoms with Crippen molar-refractivity contribution in [2.45, 2.75) is 13.0 Å². The Morgan fingerprint density at radius 1 is 1.00 bits per heavy atom. The Balaban J connectivity index is 1.81. The summed E-state index contributed by atoms with van der Waals surface area (Å²) in [4.78, 5) is 4.65. The van der Waals surface area contributed by atoms with Gasteiger partial charge in [-0.2, -0.15) is 0 Å². The number of thioether (sulfide) groups is 1. The first kappa shape index (κ1) is 13.3. The Morgan fingerprint density at radius 3 is 2.10 bits per heavy atom. The van der Waals surface area contributed by atoms with Gasteiger partial charge in [-0.15, -0.1) is 11.8 Å². The van der Waals surface area contributed by atoms with E-state index in [4.69, 9.17) is 4.74 Å². The van der Waals surface area contributed by atoms with Crippen LogP contribution >= 0.6 is 11.8 Å². The fourth-order valence-electron chi connectivity index (χ4n) is 2.35. The predicted molar refractivity (Wildman–Crippen MR) is 86.7 cm³/mol. The highest BCUT2D eigenvalue weighted by Crippen LogP contribution is 2.31. The molecule has 0 fully saturated rings. The van der Waals surface area contributed by atoms with E-state index in [1.165, 1.54) is 21.7 Å². The van der Waals surface area contributed by atoms with Crippen LogP contribution in [0.15, 0.2) is 53.5 Å². The van der Waals surface area contributed by atoms with Crippen LogP contribution in [0.2, 0.25) is 0 Å². The van der Waals surface area contributed by atoms with Crippen molar-refractivity contribution in [3.05, 3.63) is 54.1 Å². The summed E-state index contributed by atoms with van der Waals surface area (Å²) in [5.74, 6) is 1.95. The van der Waals surface area contributed by atoms with Gasteiger partial charge in [0.15, 0.2) is 0 Å². The molecule has 1 aliphatic heterocycles. The van der Waals surface area contributed by atoms with Crippen molar-refractivity contribution in [1.29, 1.82) is 0 Å². The van der Waals surface area contributed by atoms with Gasteiger partial charge >= 0.3 is 0 Å². The molecule has 1 aliphatic rings. The lowest BCUT2D eigenvalue weighted by atomic mass is 10.0. The third-order valence-corrected chi connectivity index (χ3v) is 4.51. The summed E-state index contributed by atoms with van der Waals surface area (Å²) >= 11 is 1.84. The lowest BCUT2D eigenvalue weighted by Gasteiger charge is -2.08. The van der Waals surface area contributed by atoms with Gasteiger partial charge in [0.2, 0.25) is 0 Å². The van der Waals surface area contributed by atoms with Crippen LogP contribution in [-0.4, -0.2) is 17.9 Å². The molecular weight excluding hydrogens is 266 g/mol. The van der Waals surface area contributed by atoms with Crippen LogP contribution in [0.25, 0.3) is 11.1 Å². The van der Waals surface area contributed by atoms with Gasteiger partial charge < -0.3 is 4.74 Å². The highest BCUT2D eigenvalue weighted by atomic mass is 32.2. The molecule has 0 aromatic heterocycles. The van der Waals surface area contributed by atoms with Crippen LogP contribution in [0.3, 0.4) is 0 Å². The number of nitrogens with zero attached hydrogens (tertiary/aromatic N) is 1. The summed E-state index contributed by atoms with van der Waals surface area (Å²) in [7, 11) is 1.69. The molecule has 1 heterocycles. The molecule has 2 aromatic rings. The SMILES string of the molecule is COc1ccc(-c2ccc(C3CSC(C)=N3)cc2)cc1. The Labute approximate surface area is 123 Å². The first-order valence-electron chi connectivity index (χ1n) is 6.68. The van der Waals surface area contributed by atoms with Gasteiger partial charge in [-0.1, -0.05) is 36.4 Å². The first-order valence-corrected chi connectivity index (χ1v) is 7.66. The van der Waals surface area contributed by atoms with Crippen molar-refractivity contribution in [3.8, 4) is 16.9 Å². The number of aliphatic imine (C=N–C) groups is 1. The molecule has 0 saturated heterocycles. The molecule has 2 aromatic carbocycles. The molecule has 3 heteroatoms. The number of ether oxygens (including phenoxy) is 1. The molecule has 1 unspecified atom stereocenters. The Kier molecular flexibility index (Phi) is 3.79. The van der Waals surface area contributed by atoms with Crippen molar-refractivity contribution >= 4 is 16.8 Å². The Hall–Kier alpha value is -1.74. The minimum atomic E-state index is 0.324. The Morgan fingerprint density at radius 2 is 1.60 bits per heavy atom. The molecule has 0 amide bonds. The van der Waals surface area contributed by atoms with Crippen LogP contribution < -0.4 is 4.74 Å². The van der Waals surface area contributed by atoms with Crippen molar-refractivity contribution in [2.24, 2.45) is 4.99 Å². The molecule has 0 aliphatic carbocycles. The van der Waals surface area contributed by atoms with E-state index in [2.05, 4.69) is 48.3 Å². The third-order valence-electron chi connectivity index (χ3n) is 3.51. The second-order valence-electron chi connectivity index (χ2n) is 4.83. The molecule has 0 N–H and O–H groups in total. The molecule has 0 saturated carbocycles. The van der Waals surface area contributed by atoms with Crippen LogP contribution in [0.4, 0.5) is 0 Å². The van der Waals surface area contributed by atoms with Crippen molar-refractivity contribution in [2.75, 3.05) is 12.9 Å². The van der Waals surface area contributed by atoms with Crippen molar-refractivity contribution in [3.63, 3.8) is 0 Å².